The fourth-order valence-electron chi connectivity index (χ4n) is 8.86. The Bertz CT molecular complexity index is 2860. The van der Waals surface area contributed by atoms with E-state index in [2.05, 4.69) is 67.2 Å². The number of benzene rings is 4. The van der Waals surface area contributed by atoms with Gasteiger partial charge in [-0.15, -0.1) is 0 Å². The van der Waals surface area contributed by atoms with Gasteiger partial charge in [-0.1, -0.05) is 41.9 Å². The van der Waals surface area contributed by atoms with Crippen LogP contribution in [-0.2, 0) is 14.8 Å². The molecule has 1 amide bonds. The lowest BCUT2D eigenvalue weighted by atomic mass is 9.90. The van der Waals surface area contributed by atoms with Gasteiger partial charge in [-0.25, -0.2) is 18.1 Å². The maximum absolute atomic E-state index is 14.0. The molecule has 14 nitrogen and oxygen atoms in total. The van der Waals surface area contributed by atoms with E-state index in [1.54, 1.807) is 24.4 Å². The zero-order valence-electron chi connectivity index (χ0n) is 35.3. The van der Waals surface area contributed by atoms with E-state index in [0.29, 0.717) is 31.2 Å². The quantitative estimate of drug-likeness (QED) is 0.0745. The molecule has 2 saturated heterocycles. The van der Waals surface area contributed by atoms with Crippen molar-refractivity contribution in [3.8, 4) is 22.6 Å². The first-order chi connectivity index (χ1) is 31.0. The molecule has 64 heavy (non-hydrogen) atoms. The van der Waals surface area contributed by atoms with Gasteiger partial charge in [-0.3, -0.25) is 14.9 Å². The summed E-state index contributed by atoms with van der Waals surface area (Å²) < 4.78 is 41.2. The summed E-state index contributed by atoms with van der Waals surface area (Å²) in [5.41, 5.74) is 6.84. The number of nitro benzene ring substituents is 1. The molecule has 2 aromatic heterocycles. The number of aromatic amines is 1. The Morgan fingerprint density at radius 3 is 2.58 bits per heavy atom. The maximum Gasteiger partial charge on any atom is 0.293 e. The minimum absolute atomic E-state index is 0.0701. The molecule has 2 fully saturated rings. The maximum atomic E-state index is 14.0. The third-order valence-corrected chi connectivity index (χ3v) is 13.9. The highest BCUT2D eigenvalue weighted by atomic mass is 35.5. The monoisotopic (exact) mass is 901 g/mol. The van der Waals surface area contributed by atoms with E-state index in [9.17, 15) is 23.3 Å². The van der Waals surface area contributed by atoms with Crippen LogP contribution in [0, 0.1) is 16.0 Å². The first-order valence-electron chi connectivity index (χ1n) is 21.5. The molecule has 3 aliphatic rings. The number of sulfonamides is 1. The number of likely N-dealkylation sites (N-methyl/N-ethyl adjacent to an activating group) is 1. The molecule has 4 aromatic carbocycles. The van der Waals surface area contributed by atoms with Crippen molar-refractivity contribution in [2.75, 3.05) is 56.7 Å². The van der Waals surface area contributed by atoms with Crippen molar-refractivity contribution in [1.29, 1.82) is 0 Å². The number of nitrogens with zero attached hydrogens (tertiary/aromatic N) is 4. The van der Waals surface area contributed by atoms with Gasteiger partial charge >= 0.3 is 0 Å². The molecule has 3 aliphatic heterocycles. The van der Waals surface area contributed by atoms with Gasteiger partial charge in [-0.2, -0.15) is 0 Å². The molecule has 6 aromatic rings. The summed E-state index contributed by atoms with van der Waals surface area (Å²) in [6.45, 7) is 4.54. The van der Waals surface area contributed by atoms with Crippen LogP contribution in [0.15, 0.2) is 114 Å². The molecule has 0 aliphatic carbocycles. The second kappa shape index (κ2) is 18.5. The van der Waals surface area contributed by atoms with Gasteiger partial charge in [0.05, 0.1) is 27.6 Å². The average molecular weight is 902 g/mol. The predicted octanol–water partition coefficient (Wildman–Crippen LogP) is 9.60. The van der Waals surface area contributed by atoms with Crippen molar-refractivity contribution < 1.29 is 27.6 Å². The van der Waals surface area contributed by atoms with Gasteiger partial charge in [0.2, 0.25) is 0 Å². The molecule has 1 atom stereocenters. The Labute approximate surface area is 376 Å². The van der Waals surface area contributed by atoms with Crippen LogP contribution >= 0.6 is 11.6 Å². The number of H-pyrrole nitrogens is 1. The highest BCUT2D eigenvalue weighted by Crippen LogP contribution is 2.42. The van der Waals surface area contributed by atoms with E-state index < -0.39 is 31.4 Å². The minimum Gasteiger partial charge on any atom is -0.455 e. The molecule has 9 rings (SSSR count). The standard InChI is InChI=1S/C48H48ClN7O7S/c1-54-21-15-33(16-22-54)40-12-7-36(49)27-42(40)44-3-2-20-55(44)37-8-4-32(5-9-37)34-6-11-41(46(26-34)63-38-25-35-14-19-50-47(35)52-30-38)48(57)53-64(60,61)39-10-13-43(45(28-39)56(58)59)51-29-31-17-23-62-24-18-31/h4-15,19,25-28,30-31,44,51H,2-3,16-18,20-24,29H2,1H3,(H,50,52)(H,53,57). The van der Waals surface area contributed by atoms with E-state index in [0.717, 1.165) is 85.0 Å². The number of nitrogens with one attached hydrogen (secondary N) is 3. The molecule has 3 N–H and O–H groups in total. The Morgan fingerprint density at radius 1 is 0.984 bits per heavy atom. The van der Waals surface area contributed by atoms with Crippen LogP contribution in [0.2, 0.25) is 5.02 Å². The summed E-state index contributed by atoms with van der Waals surface area (Å²) >= 11 is 6.62. The summed E-state index contributed by atoms with van der Waals surface area (Å²) in [5, 5.41) is 16.7. The number of aromatic nitrogens is 2. The zero-order chi connectivity index (χ0) is 44.4. The smallest absolute Gasteiger partial charge is 0.293 e. The number of carbonyl (C=O) groups is 1. The number of fused-ring (bicyclic) bond motifs is 1. The number of rotatable bonds is 13. The molecular formula is C48H48ClN7O7S. The van der Waals surface area contributed by atoms with Crippen molar-refractivity contribution in [3.63, 3.8) is 0 Å². The van der Waals surface area contributed by atoms with Gasteiger partial charge in [0, 0.05) is 67.8 Å². The van der Waals surface area contributed by atoms with Crippen molar-refractivity contribution in [2.24, 2.45) is 5.92 Å². The number of amides is 1. The summed E-state index contributed by atoms with van der Waals surface area (Å²) in [5.74, 6) is -0.301. The predicted molar refractivity (Wildman–Crippen MR) is 249 cm³/mol. The molecule has 0 spiro atoms. The normalized spacial score (nSPS) is 17.3. The summed E-state index contributed by atoms with van der Waals surface area (Å²) in [6, 6.07) is 26.7. The Hall–Kier alpha value is -6.26. The van der Waals surface area contributed by atoms with Gasteiger partial charge in [0.15, 0.2) is 0 Å². The molecular weight excluding hydrogens is 854 g/mol. The molecule has 16 heteroatoms. The lowest BCUT2D eigenvalue weighted by molar-refractivity contribution is -0.384. The number of halogens is 1. The zero-order valence-corrected chi connectivity index (χ0v) is 36.8. The van der Waals surface area contributed by atoms with Crippen LogP contribution in [0.3, 0.4) is 0 Å². The van der Waals surface area contributed by atoms with Crippen molar-refractivity contribution >= 4 is 61.2 Å². The molecule has 5 heterocycles. The Morgan fingerprint density at radius 2 is 1.80 bits per heavy atom. The van der Waals surface area contributed by atoms with Gasteiger partial charge in [-0.05, 0) is 134 Å². The third-order valence-electron chi connectivity index (χ3n) is 12.4. The molecule has 1 unspecified atom stereocenters. The topological polar surface area (TPSA) is 172 Å². The van der Waals surface area contributed by atoms with Gasteiger partial charge in [0.1, 0.15) is 22.8 Å². The number of ether oxygens (including phenoxy) is 2. The first kappa shape index (κ1) is 43.0. The number of hydrogen-bond donors (Lipinski definition) is 3. The first-order valence-corrected chi connectivity index (χ1v) is 23.3. The highest BCUT2D eigenvalue weighted by Gasteiger charge is 2.30. The van der Waals surface area contributed by atoms with E-state index in [1.807, 2.05) is 24.3 Å². The van der Waals surface area contributed by atoms with Crippen molar-refractivity contribution in [3.05, 3.63) is 141 Å². The molecule has 330 valence electrons. The van der Waals surface area contributed by atoms with E-state index in [4.69, 9.17) is 21.1 Å². The third kappa shape index (κ3) is 9.34. The van der Waals surface area contributed by atoms with Crippen molar-refractivity contribution in [2.45, 2.75) is 43.0 Å². The van der Waals surface area contributed by atoms with E-state index in [-0.39, 0.29) is 29.0 Å². The average Bonchev–Trinajstić information content (AvgIpc) is 3.99. The van der Waals surface area contributed by atoms with Crippen molar-refractivity contribution in [1.82, 2.24) is 19.6 Å². The summed E-state index contributed by atoms with van der Waals surface area (Å²) in [7, 11) is -2.44. The Balaban J connectivity index is 0.982. The number of pyridine rings is 1. The highest BCUT2D eigenvalue weighted by molar-refractivity contribution is 7.90. The lowest BCUT2D eigenvalue weighted by Crippen LogP contribution is -2.31. The van der Waals surface area contributed by atoms with Crippen LogP contribution in [0.25, 0.3) is 27.7 Å². The van der Waals surface area contributed by atoms with Gasteiger partial charge < -0.3 is 29.6 Å². The van der Waals surface area contributed by atoms with Crippen LogP contribution in [0.5, 0.6) is 11.5 Å². The number of hydrogen-bond acceptors (Lipinski definition) is 11. The van der Waals surface area contributed by atoms with E-state index in [1.165, 1.54) is 41.1 Å². The molecule has 0 saturated carbocycles. The lowest BCUT2D eigenvalue weighted by Gasteiger charge is -2.31. The van der Waals surface area contributed by atoms with Crippen LogP contribution < -0.4 is 19.7 Å². The van der Waals surface area contributed by atoms with Crippen LogP contribution in [0.1, 0.15) is 59.6 Å². The molecule has 0 bridgehead atoms. The second-order valence-corrected chi connectivity index (χ2v) is 18.7. The second-order valence-electron chi connectivity index (χ2n) is 16.6. The van der Waals surface area contributed by atoms with E-state index >= 15 is 0 Å². The number of anilines is 2. The van der Waals surface area contributed by atoms with Crippen LogP contribution in [0.4, 0.5) is 17.1 Å². The fraction of sp³-hybridized carbons (Fsp3) is 0.292. The molecule has 0 radical (unpaired) electrons. The number of nitro groups is 1. The largest absolute Gasteiger partial charge is 0.455 e. The van der Waals surface area contributed by atoms with Gasteiger partial charge in [0.25, 0.3) is 21.6 Å². The Kier molecular flexibility index (Phi) is 12.4. The minimum atomic E-state index is -4.58. The summed E-state index contributed by atoms with van der Waals surface area (Å²) in [4.78, 5) is 37.2. The van der Waals surface area contributed by atoms with Crippen LogP contribution in [-0.4, -0.2) is 80.6 Å². The number of carbonyl (C=O) groups excluding carboxylic acids is 1. The SMILES string of the molecule is CN1CC=C(c2ccc(Cl)cc2C2CCCN2c2ccc(-c3ccc(C(=O)NS(=O)(=O)c4ccc(NCC5CCOCC5)c([N+](=O)[O-])c4)c(Oc4cnc5[nH]ccc5c4)c3)cc2)CC1. The summed E-state index contributed by atoms with van der Waals surface area (Å²) in [6.07, 6.45) is 10.3. The fourth-order valence-corrected chi connectivity index (χ4v) is 10.0.